The number of nitrogens with zero attached hydrogens (tertiary/aromatic N) is 3. The summed E-state index contributed by atoms with van der Waals surface area (Å²) in [6.45, 7) is 3.97. The molecule has 0 unspecified atom stereocenters. The summed E-state index contributed by atoms with van der Waals surface area (Å²) in [7, 11) is 0. The second-order valence-electron chi connectivity index (χ2n) is 6.25. The van der Waals surface area contributed by atoms with Gasteiger partial charge in [0.15, 0.2) is 0 Å². The lowest BCUT2D eigenvalue weighted by molar-refractivity contribution is 0.0625. The first-order chi connectivity index (χ1) is 12.2. The fourth-order valence-electron chi connectivity index (χ4n) is 3.21. The minimum Gasteiger partial charge on any atom is -0.341 e. The Balaban J connectivity index is 1.38. The largest absolute Gasteiger partial charge is 0.341 e. The number of para-hydroxylation sites is 2. The molecule has 0 radical (unpaired) electrons. The summed E-state index contributed by atoms with van der Waals surface area (Å²) < 4.78 is 0.852. The van der Waals surface area contributed by atoms with Gasteiger partial charge in [0.2, 0.25) is 0 Å². The molecule has 0 aliphatic carbocycles. The summed E-state index contributed by atoms with van der Waals surface area (Å²) in [6.07, 6.45) is 0. The molecule has 1 N–H and O–H groups in total. The number of amides is 1. The van der Waals surface area contributed by atoms with E-state index in [1.807, 2.05) is 53.4 Å². The Morgan fingerprint density at radius 2 is 1.76 bits per heavy atom. The minimum absolute atomic E-state index is 0.0934. The average molecular weight is 399 g/mol. The predicted octanol–water partition coefficient (Wildman–Crippen LogP) is 3.28. The van der Waals surface area contributed by atoms with E-state index in [-0.39, 0.29) is 5.91 Å². The van der Waals surface area contributed by atoms with Crippen LogP contribution in [0.5, 0.6) is 0 Å². The van der Waals surface area contributed by atoms with Crippen molar-refractivity contribution in [1.29, 1.82) is 0 Å². The highest BCUT2D eigenvalue weighted by atomic mass is 79.9. The molecule has 0 spiro atoms. The SMILES string of the molecule is O=C(c1ccccc1Br)N1CCN(Cc2nc3ccccc3[nH]2)CC1. The normalized spacial score (nSPS) is 15.6. The number of aromatic amines is 1. The first-order valence-electron chi connectivity index (χ1n) is 8.40. The molecule has 1 aliphatic rings. The molecule has 0 atom stereocenters. The van der Waals surface area contributed by atoms with Gasteiger partial charge < -0.3 is 9.88 Å². The molecule has 4 rings (SSSR count). The van der Waals surface area contributed by atoms with Gasteiger partial charge in [-0.2, -0.15) is 0 Å². The van der Waals surface area contributed by atoms with Crippen LogP contribution in [0.2, 0.25) is 0 Å². The van der Waals surface area contributed by atoms with Crippen molar-refractivity contribution < 1.29 is 4.79 Å². The van der Waals surface area contributed by atoms with Crippen LogP contribution in [0.3, 0.4) is 0 Å². The van der Waals surface area contributed by atoms with Crippen molar-refractivity contribution in [3.63, 3.8) is 0 Å². The second-order valence-corrected chi connectivity index (χ2v) is 7.10. The smallest absolute Gasteiger partial charge is 0.255 e. The van der Waals surface area contributed by atoms with Gasteiger partial charge in [0.1, 0.15) is 5.82 Å². The molecule has 128 valence electrons. The lowest BCUT2D eigenvalue weighted by atomic mass is 10.2. The number of halogens is 1. The van der Waals surface area contributed by atoms with Crippen LogP contribution in [0, 0.1) is 0 Å². The van der Waals surface area contributed by atoms with Crippen molar-refractivity contribution in [3.05, 3.63) is 64.4 Å². The van der Waals surface area contributed by atoms with Gasteiger partial charge in [0, 0.05) is 30.7 Å². The van der Waals surface area contributed by atoms with Crippen LogP contribution in [0.15, 0.2) is 53.0 Å². The number of nitrogens with one attached hydrogen (secondary N) is 1. The van der Waals surface area contributed by atoms with Gasteiger partial charge in [-0.3, -0.25) is 9.69 Å². The third kappa shape index (κ3) is 3.45. The van der Waals surface area contributed by atoms with E-state index in [4.69, 9.17) is 0 Å². The third-order valence-corrected chi connectivity index (χ3v) is 5.27. The van der Waals surface area contributed by atoms with Crippen molar-refractivity contribution in [2.45, 2.75) is 6.54 Å². The number of hydrogen-bond acceptors (Lipinski definition) is 3. The Hall–Kier alpha value is -2.18. The van der Waals surface area contributed by atoms with E-state index in [1.54, 1.807) is 0 Å². The standard InChI is InChI=1S/C19H19BrN4O/c20-15-6-2-1-5-14(15)19(25)24-11-9-23(10-12-24)13-18-21-16-7-3-4-8-17(16)22-18/h1-8H,9-13H2,(H,21,22). The number of H-pyrrole nitrogens is 1. The fourth-order valence-corrected chi connectivity index (χ4v) is 3.66. The maximum Gasteiger partial charge on any atom is 0.255 e. The molecule has 2 heterocycles. The Bertz CT molecular complexity index is 866. The number of fused-ring (bicyclic) bond motifs is 1. The van der Waals surface area contributed by atoms with Crippen LogP contribution in [0.1, 0.15) is 16.2 Å². The summed E-state index contributed by atoms with van der Waals surface area (Å²) in [5.74, 6) is 1.07. The highest BCUT2D eigenvalue weighted by Gasteiger charge is 2.23. The van der Waals surface area contributed by atoms with Crippen molar-refractivity contribution in [2.24, 2.45) is 0 Å². The topological polar surface area (TPSA) is 52.2 Å². The molecule has 0 saturated carbocycles. The van der Waals surface area contributed by atoms with E-state index in [9.17, 15) is 4.79 Å². The third-order valence-electron chi connectivity index (χ3n) is 4.58. The maximum absolute atomic E-state index is 12.7. The van der Waals surface area contributed by atoms with Crippen LogP contribution in [-0.2, 0) is 6.54 Å². The highest BCUT2D eigenvalue weighted by Crippen LogP contribution is 2.19. The van der Waals surface area contributed by atoms with Gasteiger partial charge in [-0.1, -0.05) is 24.3 Å². The molecule has 1 aromatic heterocycles. The van der Waals surface area contributed by atoms with Gasteiger partial charge in [-0.05, 0) is 40.2 Å². The van der Waals surface area contributed by atoms with E-state index < -0.39 is 0 Å². The molecule has 1 saturated heterocycles. The summed E-state index contributed by atoms with van der Waals surface area (Å²) in [5, 5.41) is 0. The molecule has 1 fully saturated rings. The van der Waals surface area contributed by atoms with Crippen LogP contribution in [0.4, 0.5) is 0 Å². The zero-order chi connectivity index (χ0) is 17.2. The summed E-state index contributed by atoms with van der Waals surface area (Å²) >= 11 is 3.47. The Kier molecular flexibility index (Phi) is 4.55. The number of carbonyl (C=O) groups is 1. The van der Waals surface area contributed by atoms with Crippen molar-refractivity contribution in [2.75, 3.05) is 26.2 Å². The van der Waals surface area contributed by atoms with E-state index in [0.717, 1.165) is 59.6 Å². The van der Waals surface area contributed by atoms with E-state index >= 15 is 0 Å². The van der Waals surface area contributed by atoms with Gasteiger partial charge in [-0.15, -0.1) is 0 Å². The summed E-state index contributed by atoms with van der Waals surface area (Å²) in [5.41, 5.74) is 2.80. The molecule has 3 aromatic rings. The number of benzene rings is 2. The molecule has 1 aliphatic heterocycles. The van der Waals surface area contributed by atoms with Crippen LogP contribution in [-0.4, -0.2) is 51.9 Å². The lowest BCUT2D eigenvalue weighted by Crippen LogP contribution is -2.48. The molecule has 0 bridgehead atoms. The van der Waals surface area contributed by atoms with Crippen LogP contribution in [0.25, 0.3) is 11.0 Å². The zero-order valence-electron chi connectivity index (χ0n) is 13.8. The van der Waals surface area contributed by atoms with Gasteiger partial charge in [-0.25, -0.2) is 4.98 Å². The summed E-state index contributed by atoms with van der Waals surface area (Å²) in [4.78, 5) is 24.9. The lowest BCUT2D eigenvalue weighted by Gasteiger charge is -2.34. The van der Waals surface area contributed by atoms with Crippen molar-refractivity contribution >= 4 is 32.9 Å². The summed E-state index contributed by atoms with van der Waals surface area (Å²) in [6, 6.07) is 15.7. The zero-order valence-corrected chi connectivity index (χ0v) is 15.4. The number of carbonyl (C=O) groups excluding carboxylic acids is 1. The fraction of sp³-hybridized carbons (Fsp3) is 0.263. The average Bonchev–Trinajstić information content (AvgIpc) is 3.04. The van der Waals surface area contributed by atoms with Crippen LogP contribution < -0.4 is 0 Å². The van der Waals surface area contributed by atoms with Crippen molar-refractivity contribution in [1.82, 2.24) is 19.8 Å². The first-order valence-corrected chi connectivity index (χ1v) is 9.20. The molecule has 6 heteroatoms. The maximum atomic E-state index is 12.7. The molecular formula is C19H19BrN4O. The molecule has 25 heavy (non-hydrogen) atoms. The van der Waals surface area contributed by atoms with Gasteiger partial charge >= 0.3 is 0 Å². The van der Waals surface area contributed by atoms with Crippen LogP contribution >= 0.6 is 15.9 Å². The van der Waals surface area contributed by atoms with E-state index in [1.165, 1.54) is 0 Å². The van der Waals surface area contributed by atoms with Gasteiger partial charge in [0.05, 0.1) is 23.1 Å². The van der Waals surface area contributed by atoms with Gasteiger partial charge in [0.25, 0.3) is 5.91 Å². The monoisotopic (exact) mass is 398 g/mol. The molecule has 5 nitrogen and oxygen atoms in total. The van der Waals surface area contributed by atoms with E-state index in [0.29, 0.717) is 0 Å². The minimum atomic E-state index is 0.0934. The number of aromatic nitrogens is 2. The number of imidazole rings is 1. The molecular weight excluding hydrogens is 380 g/mol. The predicted molar refractivity (Wildman–Crippen MR) is 101 cm³/mol. The Labute approximate surface area is 154 Å². The Morgan fingerprint density at radius 1 is 1.04 bits per heavy atom. The number of piperazine rings is 1. The quantitative estimate of drug-likeness (QED) is 0.736. The Morgan fingerprint density at radius 3 is 2.52 bits per heavy atom. The number of rotatable bonds is 3. The first kappa shape index (κ1) is 16.3. The molecule has 2 aromatic carbocycles. The highest BCUT2D eigenvalue weighted by molar-refractivity contribution is 9.10. The molecule has 1 amide bonds. The van der Waals surface area contributed by atoms with E-state index in [2.05, 4.69) is 30.8 Å². The second kappa shape index (κ2) is 6.98. The van der Waals surface area contributed by atoms with Crippen molar-refractivity contribution in [3.8, 4) is 0 Å². The number of hydrogen-bond donors (Lipinski definition) is 1.